The van der Waals surface area contributed by atoms with Crippen LogP contribution in [0.4, 0.5) is 5.82 Å². The predicted octanol–water partition coefficient (Wildman–Crippen LogP) is 0.236. The lowest BCUT2D eigenvalue weighted by atomic mass is 10.0. The van der Waals surface area contributed by atoms with Crippen LogP contribution in [0.1, 0.15) is 18.2 Å². The van der Waals surface area contributed by atoms with E-state index in [4.69, 9.17) is 15.2 Å². The monoisotopic (exact) mass is 455 g/mol. The highest BCUT2D eigenvalue weighted by Crippen LogP contribution is 2.32. The van der Waals surface area contributed by atoms with Crippen molar-refractivity contribution >= 4 is 22.9 Å². The number of hydrogen-bond donors (Lipinski definition) is 3. The van der Waals surface area contributed by atoms with Crippen LogP contribution in [-0.2, 0) is 16.0 Å². The van der Waals surface area contributed by atoms with Gasteiger partial charge in [-0.15, -0.1) is 0 Å². The fourth-order valence-corrected chi connectivity index (χ4v) is 4.00. The molecule has 11 nitrogen and oxygen atoms in total. The van der Waals surface area contributed by atoms with Gasteiger partial charge in [0.15, 0.2) is 17.0 Å². The molecule has 1 aliphatic heterocycles. The predicted molar refractivity (Wildman–Crippen MR) is 122 cm³/mol. The Balaban J connectivity index is 1.44. The highest BCUT2D eigenvalue weighted by molar-refractivity contribution is 5.83. The molecular formula is C22H29N7O4. The third-order valence-electron chi connectivity index (χ3n) is 5.77. The van der Waals surface area contributed by atoms with Crippen LogP contribution in [-0.4, -0.2) is 76.5 Å². The maximum absolute atomic E-state index is 12.8. The van der Waals surface area contributed by atoms with Gasteiger partial charge in [-0.3, -0.25) is 9.36 Å². The van der Waals surface area contributed by atoms with E-state index in [2.05, 4.69) is 20.3 Å². The van der Waals surface area contributed by atoms with E-state index in [1.54, 1.807) is 18.0 Å². The number of carbonyl (C=O) groups excluding carboxylic acids is 1. The van der Waals surface area contributed by atoms with Gasteiger partial charge in [-0.1, -0.05) is 12.1 Å². The Labute approximate surface area is 191 Å². The van der Waals surface area contributed by atoms with Crippen molar-refractivity contribution < 1.29 is 19.4 Å². The van der Waals surface area contributed by atoms with E-state index in [0.717, 1.165) is 11.3 Å². The van der Waals surface area contributed by atoms with Crippen molar-refractivity contribution in [1.82, 2.24) is 24.8 Å². The van der Waals surface area contributed by atoms with Crippen LogP contribution in [0.25, 0.3) is 11.2 Å². The molecule has 1 fully saturated rings. The van der Waals surface area contributed by atoms with Gasteiger partial charge in [-0.2, -0.15) is 0 Å². The lowest BCUT2D eigenvalue weighted by molar-refractivity contribution is -0.123. The quantitative estimate of drug-likeness (QED) is 0.435. The standard InChI is InChI=1S/C22H29N7O4/c1-28(2)20-19-21(25-11-24-20)29(12-26-19)18-9-16(17(10-30)33-18)27-22(31)15(23)8-13-4-6-14(32-3)7-5-13/h4-7,11-12,15-18,30H,8-10,23H2,1-3H3,(H,27,31)/t15-,16-,17+,18-/m0/s1. The molecule has 1 saturated heterocycles. The van der Waals surface area contributed by atoms with Gasteiger partial charge in [0.05, 0.1) is 32.1 Å². The van der Waals surface area contributed by atoms with E-state index in [-0.39, 0.29) is 12.5 Å². The highest BCUT2D eigenvalue weighted by Gasteiger charge is 2.38. The molecule has 0 aliphatic carbocycles. The molecule has 4 atom stereocenters. The number of rotatable bonds is 8. The van der Waals surface area contributed by atoms with E-state index in [1.165, 1.54) is 6.33 Å². The number of nitrogens with one attached hydrogen (secondary N) is 1. The van der Waals surface area contributed by atoms with Crippen molar-refractivity contribution in [3.8, 4) is 5.75 Å². The summed E-state index contributed by atoms with van der Waals surface area (Å²) in [5, 5.41) is 12.8. The number of methoxy groups -OCH3 is 1. The number of ether oxygens (including phenoxy) is 2. The number of imidazole rings is 1. The van der Waals surface area contributed by atoms with Gasteiger partial charge in [0.2, 0.25) is 5.91 Å². The smallest absolute Gasteiger partial charge is 0.237 e. The van der Waals surface area contributed by atoms with Crippen LogP contribution in [0.5, 0.6) is 5.75 Å². The maximum Gasteiger partial charge on any atom is 0.237 e. The summed E-state index contributed by atoms with van der Waals surface area (Å²) in [6.45, 7) is -0.236. The molecule has 2 aromatic heterocycles. The van der Waals surface area contributed by atoms with Crippen LogP contribution < -0.4 is 20.7 Å². The van der Waals surface area contributed by atoms with Crippen molar-refractivity contribution in [2.24, 2.45) is 5.73 Å². The molecule has 4 rings (SSSR count). The summed E-state index contributed by atoms with van der Waals surface area (Å²) in [5.74, 6) is 1.14. The van der Waals surface area contributed by atoms with Gasteiger partial charge < -0.3 is 30.5 Å². The summed E-state index contributed by atoms with van der Waals surface area (Å²) < 4.78 is 13.0. The van der Waals surface area contributed by atoms with E-state index in [9.17, 15) is 9.90 Å². The fraction of sp³-hybridized carbons (Fsp3) is 0.455. The summed E-state index contributed by atoms with van der Waals surface area (Å²) >= 11 is 0. The molecule has 1 aliphatic rings. The van der Waals surface area contributed by atoms with Crippen LogP contribution >= 0.6 is 0 Å². The molecular weight excluding hydrogens is 426 g/mol. The number of nitrogens with zero attached hydrogens (tertiary/aromatic N) is 5. The second-order valence-corrected chi connectivity index (χ2v) is 8.24. The van der Waals surface area contributed by atoms with Gasteiger partial charge in [0.1, 0.15) is 24.4 Å². The SMILES string of the molecule is COc1ccc(C[C@H](N)C(=O)N[C@H]2C[C@@H](n3cnc4c(N(C)C)ncnc43)O[C@@H]2CO)cc1. The molecule has 1 amide bonds. The molecule has 0 spiro atoms. The number of aliphatic hydroxyl groups excluding tert-OH is 1. The number of amides is 1. The summed E-state index contributed by atoms with van der Waals surface area (Å²) in [5.41, 5.74) is 8.36. The molecule has 3 aromatic rings. The molecule has 3 heterocycles. The number of fused-ring (bicyclic) bond motifs is 1. The minimum absolute atomic E-state index is 0.236. The Morgan fingerprint density at radius 2 is 2.09 bits per heavy atom. The molecule has 0 saturated carbocycles. The van der Waals surface area contributed by atoms with Crippen LogP contribution in [0.15, 0.2) is 36.9 Å². The molecule has 0 unspecified atom stereocenters. The van der Waals surface area contributed by atoms with Gasteiger partial charge in [-0.05, 0) is 24.1 Å². The first kappa shape index (κ1) is 22.9. The topological polar surface area (TPSA) is 141 Å². The minimum atomic E-state index is -0.735. The second-order valence-electron chi connectivity index (χ2n) is 8.24. The molecule has 4 N–H and O–H groups in total. The Hall–Kier alpha value is -3.28. The number of aliphatic hydroxyl groups is 1. The fourth-order valence-electron chi connectivity index (χ4n) is 4.00. The normalized spacial score (nSPS) is 21.2. The van der Waals surface area contributed by atoms with Crippen LogP contribution in [0.2, 0.25) is 0 Å². The highest BCUT2D eigenvalue weighted by atomic mass is 16.5. The van der Waals surface area contributed by atoms with Gasteiger partial charge in [0, 0.05) is 20.5 Å². The van der Waals surface area contributed by atoms with Crippen LogP contribution in [0.3, 0.4) is 0 Å². The Morgan fingerprint density at radius 1 is 1.33 bits per heavy atom. The van der Waals surface area contributed by atoms with Crippen molar-refractivity contribution in [3.05, 3.63) is 42.5 Å². The molecule has 33 heavy (non-hydrogen) atoms. The first-order valence-electron chi connectivity index (χ1n) is 10.7. The molecule has 1 aromatic carbocycles. The number of benzene rings is 1. The average molecular weight is 456 g/mol. The Kier molecular flexibility index (Phi) is 6.72. The minimum Gasteiger partial charge on any atom is -0.497 e. The number of anilines is 1. The molecule has 0 bridgehead atoms. The maximum atomic E-state index is 12.8. The van der Waals surface area contributed by atoms with E-state index < -0.39 is 24.4 Å². The Bertz CT molecular complexity index is 1100. The van der Waals surface area contributed by atoms with Gasteiger partial charge in [-0.25, -0.2) is 15.0 Å². The summed E-state index contributed by atoms with van der Waals surface area (Å²) in [7, 11) is 5.37. The van der Waals surface area contributed by atoms with Gasteiger partial charge >= 0.3 is 0 Å². The number of nitrogens with two attached hydrogens (primary N) is 1. The number of hydrogen-bond acceptors (Lipinski definition) is 9. The lowest BCUT2D eigenvalue weighted by Crippen LogP contribution is -2.49. The Morgan fingerprint density at radius 3 is 2.76 bits per heavy atom. The lowest BCUT2D eigenvalue weighted by Gasteiger charge is -2.20. The molecule has 176 valence electrons. The zero-order valence-electron chi connectivity index (χ0n) is 18.9. The number of aromatic nitrogens is 4. The van der Waals surface area contributed by atoms with Gasteiger partial charge in [0.25, 0.3) is 0 Å². The summed E-state index contributed by atoms with van der Waals surface area (Å²) in [4.78, 5) is 27.7. The molecule has 11 heteroatoms. The zero-order chi connectivity index (χ0) is 23.5. The van der Waals surface area contributed by atoms with E-state index in [0.29, 0.717) is 29.8 Å². The first-order valence-corrected chi connectivity index (χ1v) is 10.7. The van der Waals surface area contributed by atoms with Crippen molar-refractivity contribution in [2.45, 2.75) is 37.3 Å². The van der Waals surface area contributed by atoms with E-state index in [1.807, 2.05) is 43.3 Å². The third-order valence-corrected chi connectivity index (χ3v) is 5.77. The zero-order valence-corrected chi connectivity index (χ0v) is 18.9. The average Bonchev–Trinajstić information content (AvgIpc) is 3.42. The second kappa shape index (κ2) is 9.69. The van der Waals surface area contributed by atoms with Crippen LogP contribution in [0, 0.1) is 0 Å². The van der Waals surface area contributed by atoms with Crippen molar-refractivity contribution in [1.29, 1.82) is 0 Å². The van der Waals surface area contributed by atoms with E-state index >= 15 is 0 Å². The number of carbonyl (C=O) groups is 1. The largest absolute Gasteiger partial charge is 0.497 e. The first-order chi connectivity index (χ1) is 15.9. The summed E-state index contributed by atoms with van der Waals surface area (Å²) in [6.07, 6.45) is 2.93. The van der Waals surface area contributed by atoms with Crippen molar-refractivity contribution in [2.75, 3.05) is 32.7 Å². The third kappa shape index (κ3) is 4.75. The summed E-state index contributed by atoms with van der Waals surface area (Å²) in [6, 6.07) is 6.29. The molecule has 0 radical (unpaired) electrons. The van der Waals surface area contributed by atoms with Crippen molar-refractivity contribution in [3.63, 3.8) is 0 Å².